The number of aromatic nitrogens is 1. The summed E-state index contributed by atoms with van der Waals surface area (Å²) in [6.45, 7) is 6.01. The van der Waals surface area contributed by atoms with Gasteiger partial charge in [0.15, 0.2) is 0 Å². The molecule has 5 nitrogen and oxygen atoms in total. The molecule has 24 heavy (non-hydrogen) atoms. The van der Waals surface area contributed by atoms with Gasteiger partial charge in [-0.05, 0) is 12.5 Å². The summed E-state index contributed by atoms with van der Waals surface area (Å²) < 4.78 is 5.07. The number of amides is 1. The lowest BCUT2D eigenvalue weighted by Crippen LogP contribution is -2.53. The Kier molecular flexibility index (Phi) is 5.60. The Balaban J connectivity index is 1.59. The van der Waals surface area contributed by atoms with E-state index in [2.05, 4.69) is 41.1 Å². The number of piperazine rings is 1. The lowest BCUT2D eigenvalue weighted by Gasteiger charge is -2.39. The van der Waals surface area contributed by atoms with Gasteiger partial charge in [-0.15, -0.1) is 11.3 Å². The van der Waals surface area contributed by atoms with Crippen LogP contribution in [0.2, 0.25) is 0 Å². The summed E-state index contributed by atoms with van der Waals surface area (Å²) in [6.07, 6.45) is 0. The number of hydrogen-bond donors (Lipinski definition) is 0. The fraction of sp³-hybridized carbons (Fsp3) is 0.444. The molecule has 0 spiro atoms. The van der Waals surface area contributed by atoms with Crippen LogP contribution in [-0.4, -0.2) is 53.5 Å². The van der Waals surface area contributed by atoms with Gasteiger partial charge in [0.2, 0.25) is 0 Å². The summed E-state index contributed by atoms with van der Waals surface area (Å²) in [4.78, 5) is 21.4. The smallest absolute Gasteiger partial charge is 0.273 e. The van der Waals surface area contributed by atoms with Crippen LogP contribution in [0.5, 0.6) is 0 Å². The number of carbonyl (C=O) groups is 1. The highest BCUT2D eigenvalue weighted by Gasteiger charge is 2.29. The minimum absolute atomic E-state index is 0.0282. The zero-order chi connectivity index (χ0) is 16.9. The highest BCUT2D eigenvalue weighted by molar-refractivity contribution is 7.09. The third-order valence-corrected chi connectivity index (χ3v) is 5.08. The van der Waals surface area contributed by atoms with Gasteiger partial charge < -0.3 is 9.64 Å². The number of hydrogen-bond acceptors (Lipinski definition) is 5. The normalized spacial score (nSPS) is 18.8. The van der Waals surface area contributed by atoms with Gasteiger partial charge in [0.1, 0.15) is 10.7 Å². The summed E-state index contributed by atoms with van der Waals surface area (Å²) in [6, 6.07) is 10.6. The summed E-state index contributed by atoms with van der Waals surface area (Å²) in [5.74, 6) is 0.0282. The Bertz CT molecular complexity index is 674. The van der Waals surface area contributed by atoms with Crippen molar-refractivity contribution in [3.8, 4) is 0 Å². The number of ether oxygens (including phenoxy) is 1. The molecule has 1 atom stereocenters. The Labute approximate surface area is 146 Å². The minimum atomic E-state index is 0.0282. The number of benzene rings is 1. The van der Waals surface area contributed by atoms with Crippen molar-refractivity contribution in [3.05, 3.63) is 52.0 Å². The Morgan fingerprint density at radius 3 is 2.83 bits per heavy atom. The van der Waals surface area contributed by atoms with Crippen LogP contribution in [0.1, 0.15) is 28.0 Å². The first kappa shape index (κ1) is 17.1. The van der Waals surface area contributed by atoms with Crippen LogP contribution in [0.4, 0.5) is 0 Å². The maximum Gasteiger partial charge on any atom is 0.273 e. The van der Waals surface area contributed by atoms with Gasteiger partial charge in [0, 0.05) is 44.7 Å². The van der Waals surface area contributed by atoms with Crippen molar-refractivity contribution in [1.29, 1.82) is 0 Å². The van der Waals surface area contributed by atoms with E-state index in [0.717, 1.165) is 31.2 Å². The number of nitrogens with zero attached hydrogens (tertiary/aromatic N) is 3. The lowest BCUT2D eigenvalue weighted by molar-refractivity contribution is 0.0470. The number of methoxy groups -OCH3 is 1. The van der Waals surface area contributed by atoms with Crippen molar-refractivity contribution in [2.24, 2.45) is 0 Å². The van der Waals surface area contributed by atoms with Crippen molar-refractivity contribution in [2.45, 2.75) is 26.1 Å². The van der Waals surface area contributed by atoms with Gasteiger partial charge in [0.05, 0.1) is 6.61 Å². The molecule has 128 valence electrons. The molecule has 0 saturated carbocycles. The van der Waals surface area contributed by atoms with Crippen LogP contribution in [0.3, 0.4) is 0 Å². The van der Waals surface area contributed by atoms with Crippen LogP contribution in [0.15, 0.2) is 35.7 Å². The SMILES string of the molecule is COCc1nc(C(=O)N2CCN(Cc3ccccc3)C[C@@H]2C)cs1. The lowest BCUT2D eigenvalue weighted by atomic mass is 10.1. The van der Waals surface area contributed by atoms with Crippen molar-refractivity contribution >= 4 is 17.2 Å². The molecule has 1 aliphatic rings. The van der Waals surface area contributed by atoms with E-state index in [9.17, 15) is 4.79 Å². The van der Waals surface area contributed by atoms with Gasteiger partial charge >= 0.3 is 0 Å². The quantitative estimate of drug-likeness (QED) is 0.836. The van der Waals surface area contributed by atoms with E-state index in [4.69, 9.17) is 4.74 Å². The standard InChI is InChI=1S/C18H23N3O2S/c1-14-10-20(11-15-6-4-3-5-7-15)8-9-21(14)18(22)16-13-24-17(19-16)12-23-2/h3-7,13-14H,8-12H2,1-2H3/t14-/m0/s1. The molecule has 1 fully saturated rings. The van der Waals surface area contributed by atoms with Crippen molar-refractivity contribution < 1.29 is 9.53 Å². The summed E-state index contributed by atoms with van der Waals surface area (Å²) in [7, 11) is 1.64. The second-order valence-corrected chi connectivity index (χ2v) is 7.07. The van der Waals surface area contributed by atoms with Crippen LogP contribution < -0.4 is 0 Å². The van der Waals surface area contributed by atoms with E-state index in [1.54, 1.807) is 7.11 Å². The molecule has 1 saturated heterocycles. The molecule has 1 aromatic carbocycles. The van der Waals surface area contributed by atoms with Gasteiger partial charge in [-0.3, -0.25) is 9.69 Å². The monoisotopic (exact) mass is 345 g/mol. The Morgan fingerprint density at radius 1 is 1.33 bits per heavy atom. The van der Waals surface area contributed by atoms with Crippen molar-refractivity contribution in [1.82, 2.24) is 14.8 Å². The first-order valence-electron chi connectivity index (χ1n) is 8.18. The molecule has 1 aliphatic heterocycles. The minimum Gasteiger partial charge on any atom is -0.378 e. The van der Waals surface area contributed by atoms with Crippen molar-refractivity contribution in [3.63, 3.8) is 0 Å². The number of thiazole rings is 1. The average Bonchev–Trinajstić information content (AvgIpc) is 3.04. The first-order valence-corrected chi connectivity index (χ1v) is 9.06. The zero-order valence-electron chi connectivity index (χ0n) is 14.1. The van der Waals surface area contributed by atoms with Crippen molar-refractivity contribution in [2.75, 3.05) is 26.7 Å². The van der Waals surface area contributed by atoms with Crippen LogP contribution in [0.25, 0.3) is 0 Å². The van der Waals surface area contributed by atoms with Gasteiger partial charge in [-0.2, -0.15) is 0 Å². The highest BCUT2D eigenvalue weighted by atomic mass is 32.1. The van der Waals surface area contributed by atoms with E-state index >= 15 is 0 Å². The first-order chi connectivity index (χ1) is 11.7. The molecule has 0 unspecified atom stereocenters. The molecule has 0 N–H and O–H groups in total. The average molecular weight is 345 g/mol. The van der Waals surface area contributed by atoms with Gasteiger partial charge in [-0.25, -0.2) is 4.98 Å². The number of rotatable bonds is 5. The topological polar surface area (TPSA) is 45.7 Å². The van der Waals surface area contributed by atoms with Gasteiger partial charge in [0.25, 0.3) is 5.91 Å². The largest absolute Gasteiger partial charge is 0.378 e. The van der Waals surface area contributed by atoms with Crippen LogP contribution in [-0.2, 0) is 17.9 Å². The predicted octanol–water partition coefficient (Wildman–Crippen LogP) is 2.64. The van der Waals surface area contributed by atoms with E-state index in [1.807, 2.05) is 16.3 Å². The molecule has 6 heteroatoms. The highest BCUT2D eigenvalue weighted by Crippen LogP contribution is 2.18. The molecule has 1 amide bonds. The van der Waals surface area contributed by atoms with E-state index < -0.39 is 0 Å². The molecule has 3 rings (SSSR count). The van der Waals surface area contributed by atoms with Crippen LogP contribution in [0, 0.1) is 0 Å². The molecule has 0 aliphatic carbocycles. The molecule has 2 aromatic rings. The Morgan fingerprint density at radius 2 is 2.12 bits per heavy atom. The maximum atomic E-state index is 12.7. The molecule has 0 bridgehead atoms. The zero-order valence-corrected chi connectivity index (χ0v) is 15.0. The van der Waals surface area contributed by atoms with E-state index in [1.165, 1.54) is 16.9 Å². The summed E-state index contributed by atoms with van der Waals surface area (Å²) in [5.41, 5.74) is 1.85. The molecule has 2 heterocycles. The molecular formula is C18H23N3O2S. The predicted molar refractivity (Wildman–Crippen MR) is 95.0 cm³/mol. The fourth-order valence-corrected chi connectivity index (χ4v) is 3.80. The second-order valence-electron chi connectivity index (χ2n) is 6.13. The van der Waals surface area contributed by atoms with Gasteiger partial charge in [-0.1, -0.05) is 30.3 Å². The third-order valence-electron chi connectivity index (χ3n) is 4.26. The molecule has 1 aromatic heterocycles. The third kappa shape index (κ3) is 4.01. The Hall–Kier alpha value is -1.76. The van der Waals surface area contributed by atoms with E-state index in [-0.39, 0.29) is 11.9 Å². The summed E-state index contributed by atoms with van der Waals surface area (Å²) in [5, 5.41) is 2.68. The fourth-order valence-electron chi connectivity index (χ4n) is 3.07. The van der Waals surface area contributed by atoms with Crippen LogP contribution >= 0.6 is 11.3 Å². The molecule has 0 radical (unpaired) electrons. The van der Waals surface area contributed by atoms with E-state index in [0.29, 0.717) is 12.3 Å². The maximum absolute atomic E-state index is 12.7. The molecular weight excluding hydrogens is 322 g/mol. The second kappa shape index (κ2) is 7.88. The summed E-state index contributed by atoms with van der Waals surface area (Å²) >= 11 is 1.48. The number of carbonyl (C=O) groups excluding carboxylic acids is 1.